The third kappa shape index (κ3) is 4.13. The van der Waals surface area contributed by atoms with Gasteiger partial charge in [-0.25, -0.2) is 4.98 Å². The van der Waals surface area contributed by atoms with Crippen LogP contribution in [0.2, 0.25) is 0 Å². The highest BCUT2D eigenvalue weighted by molar-refractivity contribution is 9.11. The van der Waals surface area contributed by atoms with Crippen molar-refractivity contribution in [1.82, 2.24) is 4.98 Å². The second-order valence-corrected chi connectivity index (χ2v) is 8.44. The standard InChI is InChI=1S/C23H18Br2N2O3/c1-3-13-10-18(25)21-19(11-13)27-23(30-21)14-4-7-16(8-5-14)26-22(28)17-12-15(24)6-9-20(17)29-2/h4-12H,3H2,1-2H3,(H,26,28). The number of nitrogens with one attached hydrogen (secondary N) is 1. The number of aryl methyl sites for hydroxylation is 1. The minimum atomic E-state index is -0.251. The SMILES string of the molecule is CCc1cc(Br)c2oc(-c3ccc(NC(=O)c4cc(Br)ccc4OC)cc3)nc2c1. The number of halogens is 2. The largest absolute Gasteiger partial charge is 0.496 e. The lowest BCUT2D eigenvalue weighted by molar-refractivity contribution is 0.102. The van der Waals surface area contributed by atoms with Crippen LogP contribution in [0.15, 0.2) is 68.0 Å². The van der Waals surface area contributed by atoms with E-state index in [-0.39, 0.29) is 5.91 Å². The van der Waals surface area contributed by atoms with Crippen molar-refractivity contribution in [2.24, 2.45) is 0 Å². The van der Waals surface area contributed by atoms with Crippen LogP contribution in [0.5, 0.6) is 5.75 Å². The molecular formula is C23H18Br2N2O3. The number of carbonyl (C=O) groups excluding carboxylic acids is 1. The molecule has 4 aromatic rings. The first-order chi connectivity index (χ1) is 14.5. The molecular weight excluding hydrogens is 512 g/mol. The number of ether oxygens (including phenoxy) is 1. The lowest BCUT2D eigenvalue weighted by atomic mass is 10.1. The Bertz CT molecular complexity index is 1230. The Labute approximate surface area is 190 Å². The molecule has 4 rings (SSSR count). The Hall–Kier alpha value is -2.64. The van der Waals surface area contributed by atoms with Crippen molar-refractivity contribution in [1.29, 1.82) is 0 Å². The fourth-order valence-electron chi connectivity index (χ4n) is 3.13. The molecule has 3 aromatic carbocycles. The zero-order valence-electron chi connectivity index (χ0n) is 16.3. The Morgan fingerprint density at radius 1 is 1.10 bits per heavy atom. The van der Waals surface area contributed by atoms with Gasteiger partial charge in [0.15, 0.2) is 5.58 Å². The van der Waals surface area contributed by atoms with E-state index in [0.29, 0.717) is 22.9 Å². The first kappa shape index (κ1) is 20.6. The van der Waals surface area contributed by atoms with Gasteiger partial charge in [0.25, 0.3) is 5.91 Å². The third-order valence-electron chi connectivity index (χ3n) is 4.71. The molecule has 0 saturated heterocycles. The number of nitrogens with zero attached hydrogens (tertiary/aromatic N) is 1. The summed E-state index contributed by atoms with van der Waals surface area (Å²) in [5.41, 5.74) is 4.67. The number of aromatic nitrogens is 1. The maximum absolute atomic E-state index is 12.7. The van der Waals surface area contributed by atoms with Crippen molar-refractivity contribution in [3.05, 3.63) is 74.7 Å². The Morgan fingerprint density at radius 3 is 2.57 bits per heavy atom. The fourth-order valence-corrected chi connectivity index (χ4v) is 4.07. The van der Waals surface area contributed by atoms with Gasteiger partial charge in [-0.2, -0.15) is 0 Å². The summed E-state index contributed by atoms with van der Waals surface area (Å²) in [7, 11) is 1.54. The minimum absolute atomic E-state index is 0.251. The number of benzene rings is 3. The van der Waals surface area contributed by atoms with Crippen LogP contribution in [0.25, 0.3) is 22.6 Å². The van der Waals surface area contributed by atoms with Crippen molar-refractivity contribution < 1.29 is 13.9 Å². The number of amides is 1. The van der Waals surface area contributed by atoms with Crippen LogP contribution in [0.4, 0.5) is 5.69 Å². The molecule has 0 aliphatic heterocycles. The number of hydrogen-bond donors (Lipinski definition) is 1. The lowest BCUT2D eigenvalue weighted by Crippen LogP contribution is -2.13. The first-order valence-electron chi connectivity index (χ1n) is 9.32. The van der Waals surface area contributed by atoms with Gasteiger partial charge in [0.05, 0.1) is 17.1 Å². The Balaban J connectivity index is 1.58. The Kier molecular flexibility index (Phi) is 5.92. The maximum Gasteiger partial charge on any atom is 0.259 e. The molecule has 7 heteroatoms. The molecule has 0 spiro atoms. The van der Waals surface area contributed by atoms with Crippen LogP contribution in [0.3, 0.4) is 0 Å². The summed E-state index contributed by atoms with van der Waals surface area (Å²) >= 11 is 6.94. The summed E-state index contributed by atoms with van der Waals surface area (Å²) in [6.45, 7) is 2.10. The van der Waals surface area contributed by atoms with E-state index in [1.54, 1.807) is 12.1 Å². The van der Waals surface area contributed by atoms with E-state index < -0.39 is 0 Å². The molecule has 30 heavy (non-hydrogen) atoms. The van der Waals surface area contributed by atoms with Crippen molar-refractivity contribution in [3.63, 3.8) is 0 Å². The molecule has 0 unspecified atom stereocenters. The summed E-state index contributed by atoms with van der Waals surface area (Å²) in [6.07, 6.45) is 0.925. The second-order valence-electron chi connectivity index (χ2n) is 6.67. The summed E-state index contributed by atoms with van der Waals surface area (Å²) in [6, 6.07) is 16.8. The molecule has 1 N–H and O–H groups in total. The van der Waals surface area contributed by atoms with Gasteiger partial charge >= 0.3 is 0 Å². The van der Waals surface area contributed by atoms with Gasteiger partial charge in [-0.1, -0.05) is 22.9 Å². The highest BCUT2D eigenvalue weighted by Gasteiger charge is 2.15. The van der Waals surface area contributed by atoms with E-state index in [2.05, 4.69) is 49.1 Å². The number of anilines is 1. The van der Waals surface area contributed by atoms with E-state index in [1.807, 2.05) is 42.5 Å². The van der Waals surface area contributed by atoms with Crippen LogP contribution in [-0.2, 0) is 6.42 Å². The maximum atomic E-state index is 12.7. The van der Waals surface area contributed by atoms with E-state index in [1.165, 1.54) is 12.7 Å². The smallest absolute Gasteiger partial charge is 0.259 e. The van der Waals surface area contributed by atoms with Gasteiger partial charge < -0.3 is 14.5 Å². The van der Waals surface area contributed by atoms with E-state index >= 15 is 0 Å². The van der Waals surface area contributed by atoms with Gasteiger partial charge in [-0.15, -0.1) is 0 Å². The molecule has 0 aliphatic rings. The molecule has 0 atom stereocenters. The van der Waals surface area contributed by atoms with Crippen LogP contribution in [0.1, 0.15) is 22.8 Å². The average molecular weight is 530 g/mol. The molecule has 152 valence electrons. The van der Waals surface area contributed by atoms with Gasteiger partial charge in [0.2, 0.25) is 5.89 Å². The number of carbonyl (C=O) groups is 1. The van der Waals surface area contributed by atoms with Crippen molar-refractivity contribution in [2.75, 3.05) is 12.4 Å². The summed E-state index contributed by atoms with van der Waals surface area (Å²) in [5, 5.41) is 2.89. The molecule has 5 nitrogen and oxygen atoms in total. The van der Waals surface area contributed by atoms with Gasteiger partial charge in [0, 0.05) is 15.7 Å². The predicted molar refractivity (Wildman–Crippen MR) is 125 cm³/mol. The van der Waals surface area contributed by atoms with Crippen LogP contribution in [0, 0.1) is 0 Å². The average Bonchev–Trinajstić information content (AvgIpc) is 3.19. The third-order valence-corrected chi connectivity index (χ3v) is 5.79. The molecule has 1 heterocycles. The van der Waals surface area contributed by atoms with E-state index in [9.17, 15) is 4.79 Å². The monoisotopic (exact) mass is 528 g/mol. The van der Waals surface area contributed by atoms with Crippen LogP contribution < -0.4 is 10.1 Å². The molecule has 0 fully saturated rings. The summed E-state index contributed by atoms with van der Waals surface area (Å²) in [5.74, 6) is 0.792. The molecule has 1 amide bonds. The Morgan fingerprint density at radius 2 is 1.87 bits per heavy atom. The zero-order chi connectivity index (χ0) is 21.3. The fraction of sp³-hybridized carbons (Fsp3) is 0.130. The highest BCUT2D eigenvalue weighted by Crippen LogP contribution is 2.31. The molecule has 0 saturated carbocycles. The van der Waals surface area contributed by atoms with Crippen LogP contribution in [-0.4, -0.2) is 18.0 Å². The summed E-state index contributed by atoms with van der Waals surface area (Å²) < 4.78 is 12.9. The molecule has 0 radical (unpaired) electrons. The minimum Gasteiger partial charge on any atom is -0.496 e. The van der Waals surface area contributed by atoms with Crippen LogP contribution >= 0.6 is 31.9 Å². The molecule has 0 bridgehead atoms. The quantitative estimate of drug-likeness (QED) is 0.307. The topological polar surface area (TPSA) is 64.4 Å². The number of rotatable bonds is 5. The second kappa shape index (κ2) is 8.62. The van der Waals surface area contributed by atoms with E-state index in [4.69, 9.17) is 9.15 Å². The van der Waals surface area contributed by atoms with Gasteiger partial charge in [-0.3, -0.25) is 4.79 Å². The number of oxazole rings is 1. The predicted octanol–water partition coefficient (Wildman–Crippen LogP) is 6.84. The zero-order valence-corrected chi connectivity index (χ0v) is 19.5. The molecule has 1 aromatic heterocycles. The lowest BCUT2D eigenvalue weighted by Gasteiger charge is -2.10. The van der Waals surface area contributed by atoms with Crippen molar-refractivity contribution in [2.45, 2.75) is 13.3 Å². The van der Waals surface area contributed by atoms with Gasteiger partial charge in [0.1, 0.15) is 11.3 Å². The van der Waals surface area contributed by atoms with Crippen molar-refractivity contribution in [3.8, 4) is 17.2 Å². The van der Waals surface area contributed by atoms with Crippen molar-refractivity contribution >= 4 is 54.6 Å². The molecule has 0 aliphatic carbocycles. The number of fused-ring (bicyclic) bond motifs is 1. The normalized spacial score (nSPS) is 10.9. The van der Waals surface area contributed by atoms with Gasteiger partial charge in [-0.05, 0) is 82.5 Å². The highest BCUT2D eigenvalue weighted by atomic mass is 79.9. The number of hydrogen-bond acceptors (Lipinski definition) is 4. The first-order valence-corrected chi connectivity index (χ1v) is 10.9. The summed E-state index contributed by atoms with van der Waals surface area (Å²) in [4.78, 5) is 17.3. The van der Waals surface area contributed by atoms with E-state index in [0.717, 1.165) is 32.0 Å². The number of methoxy groups -OCH3 is 1.